The van der Waals surface area contributed by atoms with Gasteiger partial charge in [0.1, 0.15) is 0 Å². The van der Waals surface area contributed by atoms with Crippen LogP contribution in [0.25, 0.3) is 0 Å². The molecule has 3 heterocycles. The molecule has 0 aliphatic carbocycles. The fourth-order valence-corrected chi connectivity index (χ4v) is 4.35. The van der Waals surface area contributed by atoms with Gasteiger partial charge in [0, 0.05) is 24.0 Å². The second kappa shape index (κ2) is 6.51. The Kier molecular flexibility index (Phi) is 4.20. The molecule has 6 heteroatoms. The SMILES string of the molecule is N#Cc1cccc(NC2COC3(CCN(C(=O)c4ccsc4)C3)C2)c1. The third-order valence-corrected chi connectivity index (χ3v) is 5.63. The first kappa shape index (κ1) is 16.1. The van der Waals surface area contributed by atoms with Crippen molar-refractivity contribution in [2.45, 2.75) is 24.5 Å². The van der Waals surface area contributed by atoms with Gasteiger partial charge in [-0.1, -0.05) is 6.07 Å². The number of thiophene rings is 1. The largest absolute Gasteiger partial charge is 0.380 e. The zero-order valence-corrected chi connectivity index (χ0v) is 14.6. The van der Waals surface area contributed by atoms with Crippen molar-refractivity contribution in [3.8, 4) is 6.07 Å². The molecule has 0 saturated carbocycles. The van der Waals surface area contributed by atoms with E-state index < -0.39 is 0 Å². The standard InChI is InChI=1S/C19H19N3O2S/c20-10-14-2-1-3-16(8-14)21-17-9-19(24-11-17)5-6-22(13-19)18(23)15-4-7-25-12-15/h1-4,7-8,12,17,21H,5-6,9,11,13H2. The number of hydrogen-bond acceptors (Lipinski definition) is 5. The number of nitrogens with one attached hydrogen (secondary N) is 1. The first-order chi connectivity index (χ1) is 12.2. The third kappa shape index (κ3) is 3.26. The van der Waals surface area contributed by atoms with Gasteiger partial charge in [-0.2, -0.15) is 16.6 Å². The zero-order chi connectivity index (χ0) is 17.3. The molecule has 2 saturated heterocycles. The molecular weight excluding hydrogens is 334 g/mol. The molecule has 2 aliphatic heterocycles. The van der Waals surface area contributed by atoms with E-state index in [0.717, 1.165) is 30.6 Å². The summed E-state index contributed by atoms with van der Waals surface area (Å²) in [5.41, 5.74) is 2.11. The van der Waals surface area contributed by atoms with Crippen LogP contribution in [-0.2, 0) is 4.74 Å². The second-order valence-electron chi connectivity index (χ2n) is 6.72. The van der Waals surface area contributed by atoms with Crippen LogP contribution in [0.3, 0.4) is 0 Å². The zero-order valence-electron chi connectivity index (χ0n) is 13.8. The van der Waals surface area contributed by atoms with Crippen molar-refractivity contribution in [2.75, 3.05) is 25.0 Å². The van der Waals surface area contributed by atoms with Gasteiger partial charge in [0.2, 0.25) is 0 Å². The number of carbonyl (C=O) groups is 1. The second-order valence-corrected chi connectivity index (χ2v) is 7.50. The maximum atomic E-state index is 12.5. The van der Waals surface area contributed by atoms with Crippen LogP contribution < -0.4 is 5.32 Å². The molecule has 2 aromatic rings. The topological polar surface area (TPSA) is 65.4 Å². The number of nitriles is 1. The van der Waals surface area contributed by atoms with Crippen LogP contribution >= 0.6 is 11.3 Å². The highest BCUT2D eigenvalue weighted by molar-refractivity contribution is 7.08. The number of ether oxygens (including phenoxy) is 1. The van der Waals surface area contributed by atoms with Gasteiger partial charge in [0.05, 0.1) is 42.0 Å². The molecule has 2 aliphatic rings. The normalized spacial score (nSPS) is 25.2. The molecule has 2 unspecified atom stereocenters. The van der Waals surface area contributed by atoms with E-state index >= 15 is 0 Å². The Balaban J connectivity index is 1.39. The summed E-state index contributed by atoms with van der Waals surface area (Å²) < 4.78 is 6.12. The van der Waals surface area contributed by atoms with Crippen molar-refractivity contribution in [3.05, 3.63) is 52.2 Å². The highest BCUT2D eigenvalue weighted by Gasteiger charge is 2.46. The minimum absolute atomic E-state index is 0.0971. The quantitative estimate of drug-likeness (QED) is 0.921. The molecule has 128 valence electrons. The Morgan fingerprint density at radius 3 is 3.16 bits per heavy atom. The van der Waals surface area contributed by atoms with Crippen LogP contribution in [0.2, 0.25) is 0 Å². The van der Waals surface area contributed by atoms with E-state index in [4.69, 9.17) is 10.00 Å². The molecule has 5 nitrogen and oxygen atoms in total. The van der Waals surface area contributed by atoms with Crippen molar-refractivity contribution in [1.29, 1.82) is 5.26 Å². The van der Waals surface area contributed by atoms with Gasteiger partial charge in [-0.05, 0) is 36.1 Å². The molecule has 2 atom stereocenters. The van der Waals surface area contributed by atoms with Crippen LogP contribution in [0, 0.1) is 11.3 Å². The molecular formula is C19H19N3O2S. The Hall–Kier alpha value is -2.36. The lowest BCUT2D eigenvalue weighted by atomic mass is 9.97. The molecule has 1 N–H and O–H groups in total. The summed E-state index contributed by atoms with van der Waals surface area (Å²) in [6.45, 7) is 2.01. The Labute approximate surface area is 150 Å². The summed E-state index contributed by atoms with van der Waals surface area (Å²) >= 11 is 1.54. The van der Waals surface area contributed by atoms with Gasteiger partial charge >= 0.3 is 0 Å². The first-order valence-electron chi connectivity index (χ1n) is 8.40. The van der Waals surface area contributed by atoms with Crippen LogP contribution in [0.1, 0.15) is 28.8 Å². The Morgan fingerprint density at radius 2 is 2.36 bits per heavy atom. The Bertz CT molecular complexity index is 814. The summed E-state index contributed by atoms with van der Waals surface area (Å²) in [6.07, 6.45) is 1.75. The number of likely N-dealkylation sites (tertiary alicyclic amines) is 1. The maximum absolute atomic E-state index is 12.5. The molecule has 25 heavy (non-hydrogen) atoms. The van der Waals surface area contributed by atoms with Crippen LogP contribution in [0.5, 0.6) is 0 Å². The molecule has 2 fully saturated rings. The van der Waals surface area contributed by atoms with Gasteiger partial charge in [0.25, 0.3) is 5.91 Å². The van der Waals surface area contributed by atoms with Gasteiger partial charge in [-0.3, -0.25) is 4.79 Å². The van der Waals surface area contributed by atoms with Crippen molar-refractivity contribution in [3.63, 3.8) is 0 Å². The molecule has 1 aromatic carbocycles. The van der Waals surface area contributed by atoms with Gasteiger partial charge in [-0.15, -0.1) is 0 Å². The number of nitrogens with zero attached hydrogens (tertiary/aromatic N) is 2. The third-order valence-electron chi connectivity index (χ3n) is 4.94. The predicted octanol–water partition coefficient (Wildman–Crippen LogP) is 3.11. The van der Waals surface area contributed by atoms with Gasteiger partial charge in [-0.25, -0.2) is 0 Å². The fourth-order valence-electron chi connectivity index (χ4n) is 3.72. The van der Waals surface area contributed by atoms with Crippen molar-refractivity contribution >= 4 is 22.9 Å². The van der Waals surface area contributed by atoms with E-state index in [1.807, 2.05) is 39.9 Å². The number of benzene rings is 1. The lowest BCUT2D eigenvalue weighted by molar-refractivity contribution is 0.0125. The average molecular weight is 353 g/mol. The molecule has 0 bridgehead atoms. The first-order valence-corrected chi connectivity index (χ1v) is 9.34. The average Bonchev–Trinajstić information content (AvgIpc) is 3.37. The fraction of sp³-hybridized carbons (Fsp3) is 0.368. The van der Waals surface area contributed by atoms with E-state index in [9.17, 15) is 4.79 Å². The highest BCUT2D eigenvalue weighted by Crippen LogP contribution is 2.36. The van der Waals surface area contributed by atoms with Crippen molar-refractivity contribution in [2.24, 2.45) is 0 Å². The summed E-state index contributed by atoms with van der Waals surface area (Å²) in [4.78, 5) is 14.4. The highest BCUT2D eigenvalue weighted by atomic mass is 32.1. The lowest BCUT2D eigenvalue weighted by Gasteiger charge is -2.23. The number of carbonyl (C=O) groups excluding carboxylic acids is 1. The summed E-state index contributed by atoms with van der Waals surface area (Å²) in [7, 11) is 0. The summed E-state index contributed by atoms with van der Waals surface area (Å²) in [6, 6.07) is 11.7. The van der Waals surface area contributed by atoms with Crippen LogP contribution in [0.15, 0.2) is 41.1 Å². The number of anilines is 1. The van der Waals surface area contributed by atoms with Crippen molar-refractivity contribution < 1.29 is 9.53 Å². The van der Waals surface area contributed by atoms with E-state index in [1.165, 1.54) is 0 Å². The molecule has 1 aromatic heterocycles. The minimum Gasteiger partial charge on any atom is -0.380 e. The smallest absolute Gasteiger partial charge is 0.254 e. The van der Waals surface area contributed by atoms with E-state index in [0.29, 0.717) is 18.7 Å². The van der Waals surface area contributed by atoms with E-state index in [2.05, 4.69) is 11.4 Å². The van der Waals surface area contributed by atoms with E-state index in [1.54, 1.807) is 17.4 Å². The van der Waals surface area contributed by atoms with Crippen LogP contribution in [0.4, 0.5) is 5.69 Å². The minimum atomic E-state index is -0.240. The van der Waals surface area contributed by atoms with Gasteiger partial charge < -0.3 is 15.0 Å². The molecule has 1 amide bonds. The Morgan fingerprint density at radius 1 is 1.44 bits per heavy atom. The molecule has 1 spiro atoms. The monoisotopic (exact) mass is 353 g/mol. The lowest BCUT2D eigenvalue weighted by Crippen LogP contribution is -2.36. The van der Waals surface area contributed by atoms with Crippen LogP contribution in [-0.4, -0.2) is 42.1 Å². The number of amides is 1. The summed E-state index contributed by atoms with van der Waals surface area (Å²) in [5.74, 6) is 0.0971. The predicted molar refractivity (Wildman–Crippen MR) is 96.7 cm³/mol. The maximum Gasteiger partial charge on any atom is 0.254 e. The van der Waals surface area contributed by atoms with Crippen molar-refractivity contribution in [1.82, 2.24) is 4.90 Å². The number of rotatable bonds is 3. The van der Waals surface area contributed by atoms with Gasteiger partial charge in [0.15, 0.2) is 0 Å². The molecule has 0 radical (unpaired) electrons. The molecule has 4 rings (SSSR count). The summed E-state index contributed by atoms with van der Waals surface area (Å²) in [5, 5.41) is 16.3. The number of hydrogen-bond donors (Lipinski definition) is 1. The van der Waals surface area contributed by atoms with E-state index in [-0.39, 0.29) is 17.6 Å².